The summed E-state index contributed by atoms with van der Waals surface area (Å²) in [6.45, 7) is 0. The minimum Gasteiger partial charge on any atom is -0.453 e. The van der Waals surface area contributed by atoms with Crippen LogP contribution in [0.3, 0.4) is 0 Å². The molecule has 148 valence electrons. The number of aromatic nitrogens is 2. The van der Waals surface area contributed by atoms with Crippen LogP contribution in [-0.4, -0.2) is 20.9 Å². The number of nitrogens with zero attached hydrogens (tertiary/aromatic N) is 2. The number of carbonyl (C=O) groups excluding carboxylic acids is 1. The number of nitro groups is 1. The van der Waals surface area contributed by atoms with Crippen LogP contribution in [0.15, 0.2) is 77.4 Å². The highest BCUT2D eigenvalue weighted by molar-refractivity contribution is 6.05. The van der Waals surface area contributed by atoms with E-state index in [1.165, 1.54) is 36.5 Å². The number of carbonyl (C=O) groups is 1. The Labute approximate surface area is 169 Å². The number of nitro benzene ring substituents is 1. The highest BCUT2D eigenvalue weighted by Gasteiger charge is 2.13. The van der Waals surface area contributed by atoms with Crippen molar-refractivity contribution >= 4 is 17.5 Å². The van der Waals surface area contributed by atoms with Crippen LogP contribution in [0.5, 0.6) is 0 Å². The van der Waals surface area contributed by atoms with Crippen molar-refractivity contribution in [3.8, 4) is 22.6 Å². The second-order valence-corrected chi connectivity index (χ2v) is 6.38. The molecule has 0 spiro atoms. The van der Waals surface area contributed by atoms with E-state index >= 15 is 0 Å². The maximum Gasteiger partial charge on any atom is 0.270 e. The number of ketones is 1. The maximum atomic E-state index is 13.1. The van der Waals surface area contributed by atoms with Crippen LogP contribution in [-0.2, 0) is 0 Å². The van der Waals surface area contributed by atoms with Gasteiger partial charge in [-0.05, 0) is 48.6 Å². The van der Waals surface area contributed by atoms with E-state index in [1.54, 1.807) is 42.5 Å². The molecule has 2 aromatic carbocycles. The molecule has 0 unspecified atom stereocenters. The van der Waals surface area contributed by atoms with Crippen molar-refractivity contribution in [3.05, 3.63) is 100 Å². The summed E-state index contributed by atoms with van der Waals surface area (Å²) < 4.78 is 18.6. The molecule has 2 aromatic heterocycles. The van der Waals surface area contributed by atoms with Crippen LogP contribution in [0.1, 0.15) is 16.1 Å². The average molecular weight is 403 g/mol. The predicted octanol–water partition coefficient (Wildman–Crippen LogP) is 5.28. The van der Waals surface area contributed by atoms with Gasteiger partial charge in [0.2, 0.25) is 5.78 Å². The Balaban J connectivity index is 1.55. The molecule has 30 heavy (non-hydrogen) atoms. The number of aromatic amines is 1. The molecule has 0 saturated heterocycles. The predicted molar refractivity (Wildman–Crippen MR) is 108 cm³/mol. The molecule has 7 nitrogen and oxygen atoms in total. The van der Waals surface area contributed by atoms with Gasteiger partial charge in [-0.25, -0.2) is 4.39 Å². The van der Waals surface area contributed by atoms with Gasteiger partial charge in [0, 0.05) is 28.8 Å². The number of hydrogen-bond donors (Lipinski definition) is 1. The number of benzene rings is 2. The first kappa shape index (κ1) is 19.0. The van der Waals surface area contributed by atoms with E-state index in [4.69, 9.17) is 4.42 Å². The Bertz CT molecular complexity index is 1260. The third kappa shape index (κ3) is 3.93. The number of hydrogen-bond acceptors (Lipinski definition) is 5. The molecule has 0 saturated carbocycles. The zero-order chi connectivity index (χ0) is 21.1. The van der Waals surface area contributed by atoms with Gasteiger partial charge in [-0.15, -0.1) is 0 Å². The molecule has 0 bridgehead atoms. The normalized spacial score (nSPS) is 11.1. The van der Waals surface area contributed by atoms with Gasteiger partial charge in [-0.1, -0.05) is 12.1 Å². The summed E-state index contributed by atoms with van der Waals surface area (Å²) >= 11 is 0. The molecule has 1 N–H and O–H groups in total. The van der Waals surface area contributed by atoms with Crippen molar-refractivity contribution in [1.82, 2.24) is 10.2 Å². The van der Waals surface area contributed by atoms with E-state index < -0.39 is 4.92 Å². The van der Waals surface area contributed by atoms with Crippen LogP contribution in [0.2, 0.25) is 0 Å². The van der Waals surface area contributed by atoms with Crippen LogP contribution in [0.4, 0.5) is 10.1 Å². The largest absolute Gasteiger partial charge is 0.453 e. The van der Waals surface area contributed by atoms with E-state index in [0.717, 1.165) is 0 Å². The van der Waals surface area contributed by atoms with E-state index in [-0.39, 0.29) is 23.0 Å². The van der Waals surface area contributed by atoms with Crippen LogP contribution in [0, 0.1) is 15.9 Å². The lowest BCUT2D eigenvalue weighted by atomic mass is 10.1. The second kappa shape index (κ2) is 7.96. The highest BCUT2D eigenvalue weighted by atomic mass is 19.1. The monoisotopic (exact) mass is 403 g/mol. The lowest BCUT2D eigenvalue weighted by Crippen LogP contribution is -1.91. The zero-order valence-electron chi connectivity index (χ0n) is 15.4. The first-order chi connectivity index (χ1) is 14.5. The summed E-state index contributed by atoms with van der Waals surface area (Å²) in [5.41, 5.74) is 2.33. The number of allylic oxidation sites excluding steroid dienone is 1. The van der Waals surface area contributed by atoms with Gasteiger partial charge in [-0.2, -0.15) is 5.10 Å². The fourth-order valence-corrected chi connectivity index (χ4v) is 2.92. The average Bonchev–Trinajstić information content (AvgIpc) is 3.42. The van der Waals surface area contributed by atoms with Crippen molar-refractivity contribution in [2.45, 2.75) is 0 Å². The highest BCUT2D eigenvalue weighted by Crippen LogP contribution is 2.26. The quantitative estimate of drug-likeness (QED) is 0.204. The standard InChI is InChI=1S/C22H14FN3O4/c23-17-7-4-14(5-8-17)20-10-11-21(30-20)19(27)9-6-16-13-24-25-22(16)15-2-1-3-18(12-15)26(28)29/h1-13H,(H,24,25). The Hall–Kier alpha value is -4.33. The molecule has 4 rings (SSSR count). The van der Waals surface area contributed by atoms with Crippen molar-refractivity contribution in [1.29, 1.82) is 0 Å². The van der Waals surface area contributed by atoms with Gasteiger partial charge in [0.15, 0.2) is 5.76 Å². The third-order valence-electron chi connectivity index (χ3n) is 4.41. The summed E-state index contributed by atoms with van der Waals surface area (Å²) in [6.07, 6.45) is 4.41. The van der Waals surface area contributed by atoms with Gasteiger partial charge in [-0.3, -0.25) is 20.0 Å². The van der Waals surface area contributed by atoms with Gasteiger partial charge < -0.3 is 4.42 Å². The smallest absolute Gasteiger partial charge is 0.270 e. The number of halogens is 1. The molecule has 0 atom stereocenters. The summed E-state index contributed by atoms with van der Waals surface area (Å²) in [6, 6.07) is 15.0. The van der Waals surface area contributed by atoms with Gasteiger partial charge in [0.05, 0.1) is 16.8 Å². The van der Waals surface area contributed by atoms with E-state index in [9.17, 15) is 19.3 Å². The third-order valence-corrected chi connectivity index (χ3v) is 4.41. The molecule has 0 aliphatic carbocycles. The number of nitrogens with one attached hydrogen (secondary N) is 1. The molecule has 4 aromatic rings. The summed E-state index contributed by atoms with van der Waals surface area (Å²) in [7, 11) is 0. The van der Waals surface area contributed by atoms with Crippen LogP contribution >= 0.6 is 0 Å². The maximum absolute atomic E-state index is 13.1. The van der Waals surface area contributed by atoms with Crippen molar-refractivity contribution in [2.24, 2.45) is 0 Å². The molecule has 0 aliphatic heterocycles. The summed E-state index contributed by atoms with van der Waals surface area (Å²) in [5.74, 6) is -0.142. The lowest BCUT2D eigenvalue weighted by Gasteiger charge is -2.00. The SMILES string of the molecule is O=C(C=Cc1cn[nH]c1-c1cccc([N+](=O)[O-])c1)c1ccc(-c2ccc(F)cc2)o1. The lowest BCUT2D eigenvalue weighted by molar-refractivity contribution is -0.384. The second-order valence-electron chi connectivity index (χ2n) is 6.38. The molecule has 0 fully saturated rings. The summed E-state index contributed by atoms with van der Waals surface area (Å²) in [4.78, 5) is 23.0. The number of H-pyrrole nitrogens is 1. The first-order valence-corrected chi connectivity index (χ1v) is 8.87. The molecule has 8 heteroatoms. The topological polar surface area (TPSA) is 102 Å². The number of rotatable bonds is 6. The van der Waals surface area contributed by atoms with Gasteiger partial charge in [0.1, 0.15) is 11.6 Å². The number of furan rings is 1. The van der Waals surface area contributed by atoms with Gasteiger partial charge in [0.25, 0.3) is 5.69 Å². The van der Waals surface area contributed by atoms with E-state index in [2.05, 4.69) is 10.2 Å². The number of non-ortho nitro benzene ring substituents is 1. The van der Waals surface area contributed by atoms with Crippen LogP contribution in [0.25, 0.3) is 28.7 Å². The van der Waals surface area contributed by atoms with Crippen molar-refractivity contribution in [3.63, 3.8) is 0 Å². The fourth-order valence-electron chi connectivity index (χ4n) is 2.92. The molecular weight excluding hydrogens is 389 g/mol. The molecule has 0 radical (unpaired) electrons. The first-order valence-electron chi connectivity index (χ1n) is 8.87. The zero-order valence-corrected chi connectivity index (χ0v) is 15.4. The fraction of sp³-hybridized carbons (Fsp3) is 0. The van der Waals surface area contributed by atoms with Gasteiger partial charge >= 0.3 is 0 Å². The van der Waals surface area contributed by atoms with Crippen LogP contribution < -0.4 is 0 Å². The molecule has 0 amide bonds. The van der Waals surface area contributed by atoms with E-state index in [1.807, 2.05) is 0 Å². The Morgan fingerprint density at radius 1 is 1.10 bits per heavy atom. The molecule has 0 aliphatic rings. The minimum atomic E-state index is -0.478. The minimum absolute atomic E-state index is 0.0444. The Morgan fingerprint density at radius 2 is 1.90 bits per heavy atom. The van der Waals surface area contributed by atoms with E-state index in [0.29, 0.717) is 28.1 Å². The Kier molecular flexibility index (Phi) is 5.04. The Morgan fingerprint density at radius 3 is 2.67 bits per heavy atom. The summed E-state index contributed by atoms with van der Waals surface area (Å²) in [5, 5.41) is 17.7. The molecule has 2 heterocycles. The van der Waals surface area contributed by atoms with Crippen molar-refractivity contribution in [2.75, 3.05) is 0 Å². The van der Waals surface area contributed by atoms with Crippen molar-refractivity contribution < 1.29 is 18.5 Å². The molecular formula is C22H14FN3O4.